The molecule has 0 fully saturated rings. The first-order valence-electron chi connectivity index (χ1n) is 11.6. The van der Waals surface area contributed by atoms with Crippen molar-refractivity contribution < 1.29 is 14.4 Å². The summed E-state index contributed by atoms with van der Waals surface area (Å²) in [6.45, 7) is 8.24. The van der Waals surface area contributed by atoms with Crippen LogP contribution in [0.1, 0.15) is 43.0 Å². The molecule has 3 N–H and O–H groups in total. The Kier molecular flexibility index (Phi) is 8.95. The van der Waals surface area contributed by atoms with Gasteiger partial charge in [0.05, 0.1) is 0 Å². The molecule has 1 atom stereocenters. The van der Waals surface area contributed by atoms with Crippen LogP contribution in [0.25, 0.3) is 16.5 Å². The molecule has 3 rings (SSSR count). The highest BCUT2D eigenvalue weighted by atomic mass is 16.2. The van der Waals surface area contributed by atoms with Crippen molar-refractivity contribution in [1.29, 1.82) is 0 Å². The molecule has 6 nitrogen and oxygen atoms in total. The standard InChI is InChI=1S/C29H31N3O3/c1-20(33)11-8-9-18-30-28(34)29(35)31-19-24-13-5-6-15-25(24)21(2)32-22(3)26-17-10-14-23-12-4-7-16-27(23)26/h4-8,10-17,22,32H,2,9,18-19H2,1,3H3,(H,30,34)(H,31,35)/b11-8+. The Morgan fingerprint density at radius 3 is 2.40 bits per heavy atom. The molecule has 0 saturated carbocycles. The summed E-state index contributed by atoms with van der Waals surface area (Å²) in [6, 6.07) is 22.2. The van der Waals surface area contributed by atoms with Gasteiger partial charge in [0.2, 0.25) is 0 Å². The second kappa shape index (κ2) is 12.3. The van der Waals surface area contributed by atoms with E-state index in [0.29, 0.717) is 6.42 Å². The van der Waals surface area contributed by atoms with Gasteiger partial charge in [0.15, 0.2) is 5.78 Å². The minimum Gasteiger partial charge on any atom is -0.378 e. The summed E-state index contributed by atoms with van der Waals surface area (Å²) in [5.41, 5.74) is 3.62. The van der Waals surface area contributed by atoms with Crippen LogP contribution in [0.2, 0.25) is 0 Å². The molecule has 0 aliphatic heterocycles. The van der Waals surface area contributed by atoms with Crippen LogP contribution in [0, 0.1) is 0 Å². The van der Waals surface area contributed by atoms with Gasteiger partial charge in [-0.15, -0.1) is 0 Å². The molecule has 0 heterocycles. The van der Waals surface area contributed by atoms with Crippen molar-refractivity contribution in [3.8, 4) is 0 Å². The number of carbonyl (C=O) groups is 3. The number of rotatable bonds is 10. The first-order valence-corrected chi connectivity index (χ1v) is 11.6. The number of allylic oxidation sites excluding steroid dienone is 1. The molecule has 180 valence electrons. The smallest absolute Gasteiger partial charge is 0.309 e. The fourth-order valence-corrected chi connectivity index (χ4v) is 3.87. The van der Waals surface area contributed by atoms with Gasteiger partial charge in [-0.2, -0.15) is 0 Å². The predicted molar refractivity (Wildman–Crippen MR) is 140 cm³/mol. The Balaban J connectivity index is 1.60. The van der Waals surface area contributed by atoms with Crippen molar-refractivity contribution in [3.05, 3.63) is 102 Å². The third-order valence-corrected chi connectivity index (χ3v) is 5.62. The van der Waals surface area contributed by atoms with Gasteiger partial charge in [-0.05, 0) is 48.2 Å². The van der Waals surface area contributed by atoms with Crippen LogP contribution in [-0.2, 0) is 20.9 Å². The van der Waals surface area contributed by atoms with Crippen LogP contribution in [0.4, 0.5) is 0 Å². The molecule has 0 saturated heterocycles. The van der Waals surface area contributed by atoms with Gasteiger partial charge >= 0.3 is 11.8 Å². The summed E-state index contributed by atoms with van der Waals surface area (Å²) >= 11 is 0. The normalized spacial score (nSPS) is 11.7. The van der Waals surface area contributed by atoms with Crippen LogP contribution in [0.15, 0.2) is 85.5 Å². The maximum absolute atomic E-state index is 12.2. The minimum absolute atomic E-state index is 0.0130. The lowest BCUT2D eigenvalue weighted by molar-refractivity contribution is -0.139. The largest absolute Gasteiger partial charge is 0.378 e. The lowest BCUT2D eigenvalue weighted by atomic mass is 9.98. The van der Waals surface area contributed by atoms with Crippen LogP contribution >= 0.6 is 0 Å². The van der Waals surface area contributed by atoms with Gasteiger partial charge < -0.3 is 16.0 Å². The number of hydrogen-bond acceptors (Lipinski definition) is 4. The molecule has 0 spiro atoms. The highest BCUT2D eigenvalue weighted by molar-refractivity contribution is 6.35. The number of ketones is 1. The van der Waals surface area contributed by atoms with Gasteiger partial charge in [-0.3, -0.25) is 14.4 Å². The van der Waals surface area contributed by atoms with Crippen molar-refractivity contribution in [2.45, 2.75) is 32.9 Å². The molecule has 3 aromatic carbocycles. The van der Waals surface area contributed by atoms with E-state index < -0.39 is 11.8 Å². The summed E-state index contributed by atoms with van der Waals surface area (Å²) in [5.74, 6) is -1.48. The van der Waals surface area contributed by atoms with Gasteiger partial charge in [0.1, 0.15) is 0 Å². The number of benzene rings is 3. The van der Waals surface area contributed by atoms with E-state index in [1.54, 1.807) is 6.08 Å². The van der Waals surface area contributed by atoms with E-state index >= 15 is 0 Å². The predicted octanol–water partition coefficient (Wildman–Crippen LogP) is 4.43. The Bertz CT molecular complexity index is 1260. The summed E-state index contributed by atoms with van der Waals surface area (Å²) in [6.07, 6.45) is 3.57. The average Bonchev–Trinajstić information content (AvgIpc) is 2.86. The summed E-state index contributed by atoms with van der Waals surface area (Å²) in [7, 11) is 0. The zero-order chi connectivity index (χ0) is 25.2. The van der Waals surface area contributed by atoms with Crippen molar-refractivity contribution in [2.75, 3.05) is 6.54 Å². The molecule has 1 unspecified atom stereocenters. The number of amides is 2. The Hall–Kier alpha value is -4.19. The van der Waals surface area contributed by atoms with Gasteiger partial charge in [0, 0.05) is 30.4 Å². The number of hydrogen-bond donors (Lipinski definition) is 3. The van der Waals surface area contributed by atoms with E-state index in [0.717, 1.165) is 16.8 Å². The van der Waals surface area contributed by atoms with Crippen LogP contribution in [0.3, 0.4) is 0 Å². The lowest BCUT2D eigenvalue weighted by Crippen LogP contribution is -2.40. The van der Waals surface area contributed by atoms with Gasteiger partial charge in [-0.1, -0.05) is 79.4 Å². The van der Waals surface area contributed by atoms with E-state index in [1.807, 2.05) is 42.5 Å². The third-order valence-electron chi connectivity index (χ3n) is 5.62. The number of carbonyl (C=O) groups excluding carboxylic acids is 3. The second-order valence-electron chi connectivity index (χ2n) is 8.31. The van der Waals surface area contributed by atoms with Crippen molar-refractivity contribution in [3.63, 3.8) is 0 Å². The van der Waals surface area contributed by atoms with Crippen LogP contribution in [-0.4, -0.2) is 24.1 Å². The van der Waals surface area contributed by atoms with E-state index in [-0.39, 0.29) is 24.9 Å². The van der Waals surface area contributed by atoms with Crippen LogP contribution in [0.5, 0.6) is 0 Å². The maximum Gasteiger partial charge on any atom is 0.309 e. The first-order chi connectivity index (χ1) is 16.9. The van der Waals surface area contributed by atoms with Crippen molar-refractivity contribution in [1.82, 2.24) is 16.0 Å². The van der Waals surface area contributed by atoms with Crippen molar-refractivity contribution >= 4 is 34.1 Å². The Morgan fingerprint density at radius 2 is 1.60 bits per heavy atom. The minimum atomic E-state index is -0.710. The topological polar surface area (TPSA) is 87.3 Å². The van der Waals surface area contributed by atoms with E-state index in [4.69, 9.17) is 0 Å². The lowest BCUT2D eigenvalue weighted by Gasteiger charge is -2.21. The molecule has 35 heavy (non-hydrogen) atoms. The first kappa shape index (κ1) is 25.4. The molecule has 0 radical (unpaired) electrons. The Labute approximate surface area is 206 Å². The molecule has 2 amide bonds. The van der Waals surface area contributed by atoms with Crippen molar-refractivity contribution in [2.24, 2.45) is 0 Å². The zero-order valence-electron chi connectivity index (χ0n) is 20.1. The quantitative estimate of drug-likeness (QED) is 0.233. The highest BCUT2D eigenvalue weighted by Crippen LogP contribution is 2.26. The zero-order valence-corrected chi connectivity index (χ0v) is 20.1. The molecule has 3 aromatic rings. The van der Waals surface area contributed by atoms with Gasteiger partial charge in [-0.25, -0.2) is 0 Å². The Morgan fingerprint density at radius 1 is 0.914 bits per heavy atom. The summed E-state index contributed by atoms with van der Waals surface area (Å²) < 4.78 is 0. The van der Waals surface area contributed by atoms with E-state index in [2.05, 4.69) is 53.7 Å². The molecule has 0 aromatic heterocycles. The fraction of sp³-hybridized carbons (Fsp3) is 0.207. The molecule has 6 heteroatoms. The molecule has 0 aliphatic carbocycles. The maximum atomic E-state index is 12.2. The molecule has 0 aliphatic rings. The molecular weight excluding hydrogens is 438 g/mol. The molecular formula is C29H31N3O3. The van der Waals surface area contributed by atoms with Crippen LogP contribution < -0.4 is 16.0 Å². The number of nitrogens with one attached hydrogen (secondary N) is 3. The second-order valence-corrected chi connectivity index (χ2v) is 8.31. The monoisotopic (exact) mass is 469 g/mol. The van der Waals surface area contributed by atoms with E-state index in [1.165, 1.54) is 29.3 Å². The summed E-state index contributed by atoms with van der Waals surface area (Å²) in [4.78, 5) is 35.1. The highest BCUT2D eigenvalue weighted by Gasteiger charge is 2.15. The number of fused-ring (bicyclic) bond motifs is 1. The van der Waals surface area contributed by atoms with E-state index in [9.17, 15) is 14.4 Å². The average molecular weight is 470 g/mol. The molecule has 0 bridgehead atoms. The van der Waals surface area contributed by atoms with Gasteiger partial charge in [0.25, 0.3) is 0 Å². The fourth-order valence-electron chi connectivity index (χ4n) is 3.87. The SMILES string of the molecule is C=C(NC(C)c1cccc2ccccc12)c1ccccc1CNC(=O)C(=O)NCC/C=C/C(C)=O. The summed E-state index contributed by atoms with van der Waals surface area (Å²) in [5, 5.41) is 11.1. The third kappa shape index (κ3) is 7.14.